The largest absolute Gasteiger partial charge is 0.248 e. The highest BCUT2D eigenvalue weighted by atomic mass is 32.2. The summed E-state index contributed by atoms with van der Waals surface area (Å²) in [6.07, 6.45) is 0. The van der Waals surface area contributed by atoms with E-state index in [1.165, 1.54) is 5.56 Å². The molecule has 0 spiro atoms. The van der Waals surface area contributed by atoms with E-state index in [2.05, 4.69) is 13.8 Å². The minimum absolute atomic E-state index is 0.222. The maximum Gasteiger partial charge on any atom is 0.248 e. The first-order valence-electron chi connectivity index (χ1n) is 5.60. The van der Waals surface area contributed by atoms with E-state index in [-0.39, 0.29) is 4.21 Å². The minimum atomic E-state index is -3.65. The van der Waals surface area contributed by atoms with Gasteiger partial charge in [-0.2, -0.15) is 0 Å². The van der Waals surface area contributed by atoms with Gasteiger partial charge in [-0.05, 0) is 28.5 Å². The fourth-order valence-corrected chi connectivity index (χ4v) is 3.61. The smallest absolute Gasteiger partial charge is 0.224 e. The highest BCUT2D eigenvalue weighted by Gasteiger charge is 2.16. The molecule has 2 rings (SSSR count). The summed E-state index contributed by atoms with van der Waals surface area (Å²) in [5.74, 6) is 0.458. The molecule has 0 aliphatic heterocycles. The Labute approximate surface area is 111 Å². The molecule has 0 atom stereocenters. The molecule has 0 aliphatic rings. The van der Waals surface area contributed by atoms with Gasteiger partial charge in [0.2, 0.25) is 10.0 Å². The Balaban J connectivity index is 2.47. The molecule has 2 aromatic rings. The number of thiophene rings is 1. The van der Waals surface area contributed by atoms with Crippen molar-refractivity contribution in [2.45, 2.75) is 24.0 Å². The van der Waals surface area contributed by atoms with Crippen molar-refractivity contribution < 1.29 is 8.42 Å². The quantitative estimate of drug-likeness (QED) is 0.939. The zero-order chi connectivity index (χ0) is 13.3. The van der Waals surface area contributed by atoms with Crippen LogP contribution in [0.15, 0.2) is 39.9 Å². The maximum absolute atomic E-state index is 11.5. The molecule has 0 unspecified atom stereocenters. The molecule has 2 N–H and O–H groups in total. The Hall–Kier alpha value is -1.17. The molecule has 1 heterocycles. The van der Waals surface area contributed by atoms with E-state index < -0.39 is 10.0 Å². The van der Waals surface area contributed by atoms with E-state index in [1.807, 2.05) is 24.3 Å². The summed E-state index contributed by atoms with van der Waals surface area (Å²) in [5.41, 5.74) is 2.79. The number of nitrogens with two attached hydrogens (primary N) is 1. The summed E-state index contributed by atoms with van der Waals surface area (Å²) in [7, 11) is -3.65. The summed E-state index contributed by atoms with van der Waals surface area (Å²) in [4.78, 5) is 0. The van der Waals surface area contributed by atoms with Crippen LogP contribution < -0.4 is 5.14 Å². The van der Waals surface area contributed by atoms with Crippen LogP contribution >= 0.6 is 11.3 Å². The van der Waals surface area contributed by atoms with E-state index in [9.17, 15) is 8.42 Å². The molecule has 1 aromatic heterocycles. The van der Waals surface area contributed by atoms with Crippen molar-refractivity contribution in [3.8, 4) is 11.1 Å². The standard InChI is InChI=1S/C13H15NO2S2/c1-9(2)10-3-5-11(6-4-10)12-7-8-17-13(12)18(14,15)16/h3-9H,1-2H3,(H2,14,15,16). The van der Waals surface area contributed by atoms with Gasteiger partial charge in [0.15, 0.2) is 0 Å². The van der Waals surface area contributed by atoms with Gasteiger partial charge in [-0.3, -0.25) is 0 Å². The Morgan fingerprint density at radius 1 is 1.11 bits per heavy atom. The second-order valence-corrected chi connectivity index (χ2v) is 7.12. The van der Waals surface area contributed by atoms with Crippen molar-refractivity contribution in [3.63, 3.8) is 0 Å². The lowest BCUT2D eigenvalue weighted by Gasteiger charge is -2.07. The van der Waals surface area contributed by atoms with Gasteiger partial charge >= 0.3 is 0 Å². The first-order chi connectivity index (χ1) is 8.39. The van der Waals surface area contributed by atoms with Crippen LogP contribution in [0, 0.1) is 0 Å². The second-order valence-electron chi connectivity index (χ2n) is 4.44. The highest BCUT2D eigenvalue weighted by molar-refractivity contribution is 7.91. The van der Waals surface area contributed by atoms with Crippen molar-refractivity contribution in [1.29, 1.82) is 0 Å². The van der Waals surface area contributed by atoms with Crippen LogP contribution in [-0.2, 0) is 10.0 Å². The third-order valence-corrected chi connectivity index (χ3v) is 5.20. The number of hydrogen-bond acceptors (Lipinski definition) is 3. The second kappa shape index (κ2) is 4.84. The summed E-state index contributed by atoms with van der Waals surface area (Å²) >= 11 is 1.15. The first-order valence-corrected chi connectivity index (χ1v) is 8.03. The highest BCUT2D eigenvalue weighted by Crippen LogP contribution is 2.32. The Morgan fingerprint density at radius 3 is 2.22 bits per heavy atom. The van der Waals surface area contributed by atoms with Crippen LogP contribution in [-0.4, -0.2) is 8.42 Å². The topological polar surface area (TPSA) is 60.2 Å². The fraction of sp³-hybridized carbons (Fsp3) is 0.231. The van der Waals surface area contributed by atoms with Crippen LogP contribution in [0.1, 0.15) is 25.3 Å². The summed E-state index contributed by atoms with van der Waals surface area (Å²) < 4.78 is 23.1. The van der Waals surface area contributed by atoms with Crippen LogP contribution in [0.2, 0.25) is 0 Å². The van der Waals surface area contributed by atoms with Crippen molar-refractivity contribution in [2.75, 3.05) is 0 Å². The number of rotatable bonds is 3. The predicted octanol–water partition coefficient (Wildman–Crippen LogP) is 3.19. The van der Waals surface area contributed by atoms with E-state index >= 15 is 0 Å². The van der Waals surface area contributed by atoms with Crippen LogP contribution in [0.4, 0.5) is 0 Å². The average molecular weight is 281 g/mol. The van der Waals surface area contributed by atoms with Crippen molar-refractivity contribution >= 4 is 21.4 Å². The Morgan fingerprint density at radius 2 is 1.72 bits per heavy atom. The fourth-order valence-electron chi connectivity index (χ4n) is 1.78. The number of hydrogen-bond donors (Lipinski definition) is 1. The third kappa shape index (κ3) is 2.63. The van der Waals surface area contributed by atoms with Gasteiger partial charge in [0, 0.05) is 5.56 Å². The van der Waals surface area contributed by atoms with Crippen molar-refractivity contribution in [2.24, 2.45) is 5.14 Å². The molecule has 5 heteroatoms. The van der Waals surface area contributed by atoms with Gasteiger partial charge in [0.05, 0.1) is 0 Å². The molecule has 1 aromatic carbocycles. The number of benzene rings is 1. The molecule has 0 bridgehead atoms. The lowest BCUT2D eigenvalue weighted by molar-refractivity contribution is 0.600. The van der Waals surface area contributed by atoms with Gasteiger partial charge in [0.25, 0.3) is 0 Å². The molecular weight excluding hydrogens is 266 g/mol. The number of sulfonamides is 1. The molecule has 18 heavy (non-hydrogen) atoms. The summed E-state index contributed by atoms with van der Waals surface area (Å²) in [6, 6.07) is 9.70. The van der Waals surface area contributed by atoms with Gasteiger partial charge in [-0.15, -0.1) is 11.3 Å². The molecule has 0 saturated carbocycles. The van der Waals surface area contributed by atoms with Gasteiger partial charge < -0.3 is 0 Å². The SMILES string of the molecule is CC(C)c1ccc(-c2ccsc2S(N)(=O)=O)cc1. The molecular formula is C13H15NO2S2. The van der Waals surface area contributed by atoms with Crippen LogP contribution in [0.3, 0.4) is 0 Å². The zero-order valence-corrected chi connectivity index (χ0v) is 11.9. The van der Waals surface area contributed by atoms with Gasteiger partial charge in [-0.25, -0.2) is 13.6 Å². The maximum atomic E-state index is 11.5. The average Bonchev–Trinajstić information content (AvgIpc) is 2.77. The third-order valence-electron chi connectivity index (χ3n) is 2.78. The van der Waals surface area contributed by atoms with Crippen molar-refractivity contribution in [3.05, 3.63) is 41.3 Å². The molecule has 0 saturated heterocycles. The van der Waals surface area contributed by atoms with E-state index in [1.54, 1.807) is 11.4 Å². The van der Waals surface area contributed by atoms with E-state index in [4.69, 9.17) is 5.14 Å². The molecule has 0 radical (unpaired) electrons. The molecule has 96 valence electrons. The van der Waals surface area contributed by atoms with Crippen molar-refractivity contribution in [1.82, 2.24) is 0 Å². The predicted molar refractivity (Wildman–Crippen MR) is 75.2 cm³/mol. The minimum Gasteiger partial charge on any atom is -0.224 e. The Bertz CT molecular complexity index is 640. The first kappa shape index (κ1) is 13.3. The molecule has 0 aliphatic carbocycles. The normalized spacial score (nSPS) is 12.0. The lowest BCUT2D eigenvalue weighted by Crippen LogP contribution is -2.11. The molecule has 0 amide bonds. The van der Waals surface area contributed by atoms with Crippen LogP contribution in [0.5, 0.6) is 0 Å². The summed E-state index contributed by atoms with van der Waals surface area (Å²) in [6.45, 7) is 4.24. The molecule has 0 fully saturated rings. The monoisotopic (exact) mass is 281 g/mol. The van der Waals surface area contributed by atoms with Gasteiger partial charge in [0.1, 0.15) is 4.21 Å². The zero-order valence-electron chi connectivity index (χ0n) is 10.3. The van der Waals surface area contributed by atoms with Gasteiger partial charge in [-0.1, -0.05) is 38.1 Å². The summed E-state index contributed by atoms with van der Waals surface area (Å²) in [5, 5.41) is 6.94. The number of primary sulfonamides is 1. The van der Waals surface area contributed by atoms with Crippen LogP contribution in [0.25, 0.3) is 11.1 Å². The molecule has 3 nitrogen and oxygen atoms in total. The van der Waals surface area contributed by atoms with E-state index in [0.717, 1.165) is 16.9 Å². The Kier molecular flexibility index (Phi) is 3.56. The lowest BCUT2D eigenvalue weighted by atomic mass is 10.00. The van der Waals surface area contributed by atoms with E-state index in [0.29, 0.717) is 11.5 Å².